The molecule has 17 nitrogen and oxygen atoms in total. The summed E-state index contributed by atoms with van der Waals surface area (Å²) in [5, 5.41) is 2.87. The lowest BCUT2D eigenvalue weighted by Gasteiger charge is -2.12. The summed E-state index contributed by atoms with van der Waals surface area (Å²) in [6, 6.07) is -1.29. The van der Waals surface area contributed by atoms with Crippen LogP contribution in [0.1, 0.15) is 46.5 Å². The van der Waals surface area contributed by atoms with E-state index in [1.165, 1.54) is 37.6 Å². The maximum absolute atomic E-state index is 13.2. The van der Waals surface area contributed by atoms with Crippen molar-refractivity contribution < 1.29 is 36.0 Å². The van der Waals surface area contributed by atoms with Crippen molar-refractivity contribution in [2.75, 3.05) is 13.2 Å². The number of fused-ring (bicyclic) bond motifs is 19. The summed E-state index contributed by atoms with van der Waals surface area (Å²) >= 11 is 0. The Labute approximate surface area is 244 Å². The fourth-order valence-corrected chi connectivity index (χ4v) is 4.47. The first-order valence-corrected chi connectivity index (χ1v) is 13.2. The molecular formula is C27H19N9O8. The summed E-state index contributed by atoms with van der Waals surface area (Å²) in [4.78, 5) is 44.2. The van der Waals surface area contributed by atoms with E-state index in [1.807, 2.05) is 0 Å². The third kappa shape index (κ3) is 4.56. The minimum Gasteiger partial charge on any atom is -0.473 e. The minimum absolute atomic E-state index is 0.0332. The molecule has 2 unspecified atom stereocenters. The molecule has 44 heavy (non-hydrogen) atoms. The summed E-state index contributed by atoms with van der Waals surface area (Å²) in [6.07, 6.45) is 12.0. The van der Waals surface area contributed by atoms with Crippen LogP contribution in [0.4, 0.5) is 0 Å². The Hall–Kier alpha value is -6.10. The van der Waals surface area contributed by atoms with Gasteiger partial charge in [0.25, 0.3) is 5.91 Å². The van der Waals surface area contributed by atoms with Crippen molar-refractivity contribution in [3.8, 4) is 46.3 Å². The van der Waals surface area contributed by atoms with E-state index in [0.29, 0.717) is 35.7 Å². The number of hydrogen-bond donors (Lipinski definition) is 2. The van der Waals surface area contributed by atoms with Gasteiger partial charge in [-0.05, 0) is 6.42 Å². The molecule has 2 aliphatic heterocycles. The summed E-state index contributed by atoms with van der Waals surface area (Å²) in [5.74, 6) is 0.723. The van der Waals surface area contributed by atoms with Crippen LogP contribution in [0.5, 0.6) is 0 Å². The molecule has 0 aromatic carbocycles. The fraction of sp³-hybridized carbons (Fsp3) is 0.185. The highest BCUT2D eigenvalue weighted by atomic mass is 16.5. The highest BCUT2D eigenvalue weighted by Gasteiger charge is 2.30. The molecule has 1 amide bonds. The molecule has 14 bridgehead atoms. The smallest absolute Gasteiger partial charge is 0.273 e. The molecule has 0 saturated heterocycles. The maximum atomic E-state index is 13.2. The van der Waals surface area contributed by atoms with Crippen LogP contribution in [0, 0.1) is 0 Å². The Morgan fingerprint density at radius 1 is 0.682 bits per heavy atom. The molecule has 0 radical (unpaired) electrons. The van der Waals surface area contributed by atoms with Gasteiger partial charge in [-0.3, -0.25) is 4.79 Å². The largest absolute Gasteiger partial charge is 0.473 e. The average Bonchev–Trinajstić information content (AvgIpc) is 3.86. The highest BCUT2D eigenvalue weighted by molar-refractivity contribution is 5.94. The minimum atomic E-state index is -0.681. The van der Waals surface area contributed by atoms with Gasteiger partial charge in [0, 0.05) is 6.54 Å². The van der Waals surface area contributed by atoms with Gasteiger partial charge in [-0.2, -0.15) is 0 Å². The number of carbonyl (C=O) groups excluding carboxylic acids is 1. The molecule has 8 heterocycles. The Kier molecular flexibility index (Phi) is 6.00. The van der Waals surface area contributed by atoms with Gasteiger partial charge in [-0.1, -0.05) is 12.2 Å². The number of nitrogens with one attached hydrogen (secondary N) is 1. The molecule has 3 N–H and O–H groups in total. The zero-order chi connectivity index (χ0) is 29.6. The van der Waals surface area contributed by atoms with Crippen molar-refractivity contribution in [3.63, 3.8) is 0 Å². The topological polar surface area (TPSA) is 233 Å². The van der Waals surface area contributed by atoms with Crippen molar-refractivity contribution in [2.24, 2.45) is 10.7 Å². The van der Waals surface area contributed by atoms with E-state index in [4.69, 9.17) is 37.0 Å². The van der Waals surface area contributed by atoms with Gasteiger partial charge in [-0.15, -0.1) is 0 Å². The first kappa shape index (κ1) is 25.6. The summed E-state index contributed by atoms with van der Waals surface area (Å²) in [7, 11) is 0. The van der Waals surface area contributed by atoms with Gasteiger partial charge in [0.2, 0.25) is 41.2 Å². The number of hydrogen-bond acceptors (Lipinski definition) is 16. The molecule has 0 aliphatic carbocycles. The van der Waals surface area contributed by atoms with Crippen LogP contribution < -0.4 is 11.1 Å². The predicted octanol–water partition coefficient (Wildman–Crippen LogP) is 3.49. The predicted molar refractivity (Wildman–Crippen MR) is 143 cm³/mol. The quantitative estimate of drug-likeness (QED) is 0.278. The van der Waals surface area contributed by atoms with Gasteiger partial charge in [0.1, 0.15) is 50.2 Å². The molecule has 8 rings (SSSR count). The number of amides is 1. The summed E-state index contributed by atoms with van der Waals surface area (Å²) in [5.41, 5.74) is 7.17. The number of carbonyl (C=O) groups is 1. The van der Waals surface area contributed by atoms with Crippen LogP contribution in [0.15, 0.2) is 81.2 Å². The number of nitrogens with two attached hydrogens (primary N) is 1. The molecule has 0 fully saturated rings. The third-order valence-electron chi connectivity index (χ3n) is 6.60. The van der Waals surface area contributed by atoms with Gasteiger partial charge < -0.3 is 42.3 Å². The van der Waals surface area contributed by atoms with Crippen molar-refractivity contribution in [1.82, 2.24) is 35.2 Å². The first-order valence-electron chi connectivity index (χ1n) is 13.2. The molecular weight excluding hydrogens is 578 g/mol. The van der Waals surface area contributed by atoms with E-state index in [-0.39, 0.29) is 59.2 Å². The van der Waals surface area contributed by atoms with E-state index in [0.717, 1.165) is 0 Å². The van der Waals surface area contributed by atoms with Crippen LogP contribution in [0.3, 0.4) is 0 Å². The maximum Gasteiger partial charge on any atom is 0.273 e. The lowest BCUT2D eigenvalue weighted by Crippen LogP contribution is -2.29. The molecule has 17 heteroatoms. The van der Waals surface area contributed by atoms with Crippen molar-refractivity contribution in [3.05, 3.63) is 72.9 Å². The number of aromatic nitrogens is 6. The lowest BCUT2D eigenvalue weighted by atomic mass is 10.2. The standard InChI is InChI=1S/C27H19N9O8/c28-4-2-1-3-12-21-31-15(6-39-21)23-33-17(8-41-23)25-35-19(10-43-25)27-36-18(11-44-27)26-34-16(9-42-26)24-32-14(7-40-24)22-30-13(5-38-22)20(37)29-12/h1-2,5-6,8-12,14H,3-4,7,28H2,(H,29,37)/b2-1+. The van der Waals surface area contributed by atoms with Gasteiger partial charge in [-0.25, -0.2) is 34.9 Å². The molecule has 0 spiro atoms. The highest BCUT2D eigenvalue weighted by Crippen LogP contribution is 2.31. The normalized spacial score (nSPS) is 17.8. The number of nitrogens with zero attached hydrogens (tertiary/aromatic N) is 7. The second kappa shape index (κ2) is 10.3. The first-order chi connectivity index (χ1) is 21.6. The molecule has 0 saturated carbocycles. The average molecular weight is 598 g/mol. The Morgan fingerprint density at radius 2 is 1.20 bits per heavy atom. The van der Waals surface area contributed by atoms with E-state index < -0.39 is 18.0 Å². The van der Waals surface area contributed by atoms with E-state index in [1.54, 1.807) is 12.2 Å². The zero-order valence-corrected chi connectivity index (χ0v) is 22.4. The van der Waals surface area contributed by atoms with Crippen molar-refractivity contribution in [2.45, 2.75) is 18.5 Å². The molecule has 6 aromatic heterocycles. The second-order valence-corrected chi connectivity index (χ2v) is 9.52. The number of aliphatic imine (C=N–C) groups is 1. The van der Waals surface area contributed by atoms with Gasteiger partial charge >= 0.3 is 0 Å². The van der Waals surface area contributed by atoms with E-state index in [2.05, 4.69) is 40.2 Å². The van der Waals surface area contributed by atoms with Crippen LogP contribution in [0.2, 0.25) is 0 Å². The molecule has 2 aliphatic rings. The van der Waals surface area contributed by atoms with Crippen molar-refractivity contribution in [1.29, 1.82) is 0 Å². The molecule has 2 atom stereocenters. The Morgan fingerprint density at radius 3 is 1.86 bits per heavy atom. The fourth-order valence-electron chi connectivity index (χ4n) is 4.47. The SMILES string of the molecule is NC/C=C/CC1NC(=O)c2coc(n2)C2COC(=N2)c2coc(n2)-c2coc(n2)-c2coc(n2)-c2coc(n2)-c2coc1n2. The van der Waals surface area contributed by atoms with E-state index in [9.17, 15) is 4.79 Å². The number of rotatable bonds is 3. The van der Waals surface area contributed by atoms with Crippen LogP contribution >= 0.6 is 0 Å². The lowest BCUT2D eigenvalue weighted by molar-refractivity contribution is 0.0925. The zero-order valence-electron chi connectivity index (χ0n) is 22.4. The molecule has 6 aromatic rings. The molecule has 220 valence electrons. The number of ether oxygens (including phenoxy) is 1. The third-order valence-corrected chi connectivity index (χ3v) is 6.60. The van der Waals surface area contributed by atoms with E-state index >= 15 is 0 Å². The van der Waals surface area contributed by atoms with Crippen LogP contribution in [-0.4, -0.2) is 54.9 Å². The van der Waals surface area contributed by atoms with Gasteiger partial charge in [0.05, 0.1) is 0 Å². The Bertz CT molecular complexity index is 2040. The second-order valence-electron chi connectivity index (χ2n) is 9.52. The summed E-state index contributed by atoms with van der Waals surface area (Å²) < 4.78 is 39.4. The van der Waals surface area contributed by atoms with Crippen molar-refractivity contribution >= 4 is 11.8 Å². The van der Waals surface area contributed by atoms with Crippen LogP contribution in [-0.2, 0) is 4.74 Å². The van der Waals surface area contributed by atoms with Crippen LogP contribution in [0.25, 0.3) is 46.3 Å². The van der Waals surface area contributed by atoms with Gasteiger partial charge in [0.15, 0.2) is 40.2 Å². The monoisotopic (exact) mass is 597 g/mol. The number of oxazole rings is 6. The summed E-state index contributed by atoms with van der Waals surface area (Å²) in [6.45, 7) is 0.445. The Balaban J connectivity index is 1.19.